The molecule has 0 bridgehead atoms. The SMILES string of the molecule is CN1C(=O)C(C)(C)c2cc(-n3cc(C(=O)[O-])c(=O)n(C4CCc5c4cccc5C(F)(F)F)c3=O)ccc21. The van der Waals surface area contributed by atoms with E-state index >= 15 is 0 Å². The van der Waals surface area contributed by atoms with Crippen LogP contribution in [0.25, 0.3) is 5.69 Å². The minimum Gasteiger partial charge on any atom is -0.545 e. The average molecular weight is 512 g/mol. The number of carbonyl (C=O) groups is 2. The molecule has 1 aromatic heterocycles. The van der Waals surface area contributed by atoms with Gasteiger partial charge < -0.3 is 14.8 Å². The molecule has 0 fully saturated rings. The van der Waals surface area contributed by atoms with Crippen molar-refractivity contribution in [3.05, 3.63) is 91.3 Å². The molecule has 0 radical (unpaired) electrons. The molecular formula is C26H21F3N3O5-. The number of amides is 1. The van der Waals surface area contributed by atoms with Crippen molar-refractivity contribution < 1.29 is 27.9 Å². The number of carbonyl (C=O) groups excluding carboxylic acids is 2. The van der Waals surface area contributed by atoms with E-state index in [1.54, 1.807) is 33.0 Å². The normalized spacial score (nSPS) is 18.2. The number of aromatic carboxylic acids is 1. The molecule has 3 aromatic rings. The van der Waals surface area contributed by atoms with E-state index in [0.717, 1.165) is 16.8 Å². The second-order valence-corrected chi connectivity index (χ2v) is 9.77. The summed E-state index contributed by atoms with van der Waals surface area (Å²) < 4.78 is 42.3. The van der Waals surface area contributed by atoms with Crippen LogP contribution in [0.1, 0.15) is 58.9 Å². The number of benzene rings is 2. The number of aromatic nitrogens is 2. The van der Waals surface area contributed by atoms with Gasteiger partial charge in [-0.3, -0.25) is 18.7 Å². The van der Waals surface area contributed by atoms with Crippen molar-refractivity contribution in [1.29, 1.82) is 0 Å². The molecule has 37 heavy (non-hydrogen) atoms. The third-order valence-electron chi connectivity index (χ3n) is 7.33. The van der Waals surface area contributed by atoms with Gasteiger partial charge in [0, 0.05) is 18.9 Å². The molecule has 2 heterocycles. The Kier molecular flexibility index (Phi) is 5.26. The average Bonchev–Trinajstić information content (AvgIpc) is 3.32. The predicted octanol–water partition coefficient (Wildman–Crippen LogP) is 2.17. The van der Waals surface area contributed by atoms with Crippen molar-refractivity contribution in [2.45, 2.75) is 44.3 Å². The summed E-state index contributed by atoms with van der Waals surface area (Å²) in [6.07, 6.45) is -3.81. The first-order chi connectivity index (χ1) is 17.2. The molecule has 1 aliphatic carbocycles. The van der Waals surface area contributed by atoms with E-state index in [4.69, 9.17) is 0 Å². The lowest BCUT2D eigenvalue weighted by Crippen LogP contribution is -2.45. The van der Waals surface area contributed by atoms with E-state index in [-0.39, 0.29) is 35.6 Å². The van der Waals surface area contributed by atoms with Crippen molar-refractivity contribution in [3.63, 3.8) is 0 Å². The Morgan fingerprint density at radius 3 is 2.46 bits per heavy atom. The summed E-state index contributed by atoms with van der Waals surface area (Å²) in [7, 11) is 1.61. The minimum absolute atomic E-state index is 0.00455. The second-order valence-electron chi connectivity index (χ2n) is 9.77. The smallest absolute Gasteiger partial charge is 0.416 e. The molecule has 192 valence electrons. The van der Waals surface area contributed by atoms with E-state index in [1.165, 1.54) is 23.1 Å². The fraction of sp³-hybridized carbons (Fsp3) is 0.308. The topological polar surface area (TPSA) is 104 Å². The van der Waals surface area contributed by atoms with Crippen LogP contribution < -0.4 is 21.3 Å². The molecule has 2 aromatic carbocycles. The zero-order valence-electron chi connectivity index (χ0n) is 20.0. The Bertz CT molecular complexity index is 1620. The maximum absolute atomic E-state index is 13.6. The minimum atomic E-state index is -4.62. The van der Waals surface area contributed by atoms with Crippen molar-refractivity contribution in [1.82, 2.24) is 9.13 Å². The largest absolute Gasteiger partial charge is 0.545 e. The van der Waals surface area contributed by atoms with E-state index in [0.29, 0.717) is 15.8 Å². The van der Waals surface area contributed by atoms with Crippen LogP contribution in [0.2, 0.25) is 0 Å². The molecule has 11 heteroatoms. The number of carboxylic acids is 1. The molecule has 1 unspecified atom stereocenters. The summed E-state index contributed by atoms with van der Waals surface area (Å²) in [6.45, 7) is 3.43. The Hall–Kier alpha value is -4.15. The summed E-state index contributed by atoms with van der Waals surface area (Å²) in [5, 5.41) is 11.9. The zero-order chi connectivity index (χ0) is 27.0. The van der Waals surface area contributed by atoms with Gasteiger partial charge in [-0.05, 0) is 67.6 Å². The highest BCUT2D eigenvalue weighted by Gasteiger charge is 2.42. The fourth-order valence-corrected chi connectivity index (χ4v) is 5.45. The number of nitrogens with zero attached hydrogens (tertiary/aromatic N) is 3. The van der Waals surface area contributed by atoms with Gasteiger partial charge in [-0.25, -0.2) is 4.79 Å². The monoisotopic (exact) mass is 512 g/mol. The van der Waals surface area contributed by atoms with E-state index in [1.807, 2.05) is 0 Å². The van der Waals surface area contributed by atoms with Gasteiger partial charge in [-0.1, -0.05) is 12.1 Å². The fourth-order valence-electron chi connectivity index (χ4n) is 5.45. The Labute approximate surface area is 208 Å². The van der Waals surface area contributed by atoms with E-state index in [2.05, 4.69) is 0 Å². The highest BCUT2D eigenvalue weighted by Crippen LogP contribution is 2.42. The molecule has 0 saturated heterocycles. The Balaban J connectivity index is 1.74. The predicted molar refractivity (Wildman–Crippen MR) is 125 cm³/mol. The highest BCUT2D eigenvalue weighted by molar-refractivity contribution is 6.07. The maximum atomic E-state index is 13.6. The van der Waals surface area contributed by atoms with Gasteiger partial charge in [0.15, 0.2) is 0 Å². The summed E-state index contributed by atoms with van der Waals surface area (Å²) in [4.78, 5) is 52.8. The second kappa shape index (κ2) is 7.92. The van der Waals surface area contributed by atoms with Gasteiger partial charge in [-0.2, -0.15) is 13.2 Å². The van der Waals surface area contributed by atoms with Crippen LogP contribution in [0, 0.1) is 0 Å². The van der Waals surface area contributed by atoms with E-state index < -0.39 is 46.0 Å². The number of rotatable bonds is 3. The molecule has 2 aliphatic rings. The highest BCUT2D eigenvalue weighted by atomic mass is 19.4. The molecule has 1 aliphatic heterocycles. The van der Waals surface area contributed by atoms with Crippen LogP contribution in [0.15, 0.2) is 52.2 Å². The van der Waals surface area contributed by atoms with Gasteiger partial charge in [-0.15, -0.1) is 0 Å². The summed E-state index contributed by atoms with van der Waals surface area (Å²) in [5.74, 6) is -2.00. The molecule has 1 atom stereocenters. The number of carboxylic acid groups (broad SMARTS) is 1. The first kappa shape index (κ1) is 24.5. The molecule has 5 rings (SSSR count). The quantitative estimate of drug-likeness (QED) is 0.535. The number of hydrogen-bond donors (Lipinski definition) is 0. The number of halogens is 3. The lowest BCUT2D eigenvalue weighted by Gasteiger charge is -2.20. The van der Waals surface area contributed by atoms with Gasteiger partial charge >= 0.3 is 11.9 Å². The van der Waals surface area contributed by atoms with Gasteiger partial charge in [0.2, 0.25) is 5.91 Å². The molecule has 8 nitrogen and oxygen atoms in total. The van der Waals surface area contributed by atoms with Crippen molar-refractivity contribution in [2.75, 3.05) is 11.9 Å². The summed E-state index contributed by atoms with van der Waals surface area (Å²) in [6, 6.07) is 7.12. The summed E-state index contributed by atoms with van der Waals surface area (Å²) in [5.41, 5.74) is -3.15. The van der Waals surface area contributed by atoms with Crippen LogP contribution in [-0.4, -0.2) is 28.1 Å². The van der Waals surface area contributed by atoms with Gasteiger partial charge in [0.25, 0.3) is 5.56 Å². The standard InChI is InChI=1S/C26H22F3N3O5/c1-25(2)18-11-13(7-9-20(18)30(3)23(25)36)31-12-16(22(34)35)21(33)32(24(31)37)19-10-8-14-15(19)5-4-6-17(14)26(27,28)29/h4-7,9,11-12,19H,8,10H2,1-3H3,(H,34,35)/p-1. The molecule has 0 spiro atoms. The lowest BCUT2D eigenvalue weighted by atomic mass is 9.86. The van der Waals surface area contributed by atoms with Crippen LogP contribution >= 0.6 is 0 Å². The molecule has 0 N–H and O–H groups in total. The number of fused-ring (bicyclic) bond motifs is 2. The van der Waals surface area contributed by atoms with Crippen LogP contribution in [0.4, 0.5) is 18.9 Å². The van der Waals surface area contributed by atoms with Crippen molar-refractivity contribution in [2.24, 2.45) is 0 Å². The van der Waals surface area contributed by atoms with Gasteiger partial charge in [0.05, 0.1) is 34.2 Å². The van der Waals surface area contributed by atoms with Crippen molar-refractivity contribution >= 4 is 17.6 Å². The van der Waals surface area contributed by atoms with Crippen LogP contribution in [0.3, 0.4) is 0 Å². The van der Waals surface area contributed by atoms with Gasteiger partial charge in [0.1, 0.15) is 0 Å². The number of alkyl halides is 3. The third-order valence-corrected chi connectivity index (χ3v) is 7.33. The van der Waals surface area contributed by atoms with Crippen LogP contribution in [0.5, 0.6) is 0 Å². The number of anilines is 1. The first-order valence-electron chi connectivity index (χ1n) is 11.5. The van der Waals surface area contributed by atoms with Crippen LogP contribution in [-0.2, 0) is 22.8 Å². The third kappa shape index (κ3) is 3.52. The Morgan fingerprint density at radius 2 is 1.81 bits per heavy atom. The maximum Gasteiger partial charge on any atom is 0.416 e. The Morgan fingerprint density at radius 1 is 1.11 bits per heavy atom. The molecule has 0 saturated carbocycles. The van der Waals surface area contributed by atoms with E-state index in [9.17, 15) is 37.5 Å². The number of hydrogen-bond acceptors (Lipinski definition) is 5. The lowest BCUT2D eigenvalue weighted by molar-refractivity contribution is -0.255. The number of likely N-dealkylation sites (N-methyl/N-ethyl adjacent to an activating group) is 1. The first-order valence-corrected chi connectivity index (χ1v) is 11.5. The molecule has 1 amide bonds. The molecular weight excluding hydrogens is 491 g/mol. The zero-order valence-corrected chi connectivity index (χ0v) is 20.0. The summed E-state index contributed by atoms with van der Waals surface area (Å²) >= 11 is 0. The van der Waals surface area contributed by atoms with Crippen molar-refractivity contribution in [3.8, 4) is 5.69 Å².